The number of carbonyl (C=O) groups excluding carboxylic acids is 2. The highest BCUT2D eigenvalue weighted by atomic mass is 16.6. The lowest BCUT2D eigenvalue weighted by Crippen LogP contribution is -2.38. The molecule has 1 heterocycles. The fourth-order valence-electron chi connectivity index (χ4n) is 2.56. The van der Waals surface area contributed by atoms with Crippen LogP contribution >= 0.6 is 0 Å². The molecule has 1 aliphatic heterocycles. The number of hydrogen-bond acceptors (Lipinski definition) is 7. The first kappa shape index (κ1) is 21.9. The summed E-state index contributed by atoms with van der Waals surface area (Å²) in [4.78, 5) is 27.5. The van der Waals surface area contributed by atoms with Crippen molar-refractivity contribution in [3.63, 3.8) is 0 Å². The third-order valence-corrected chi connectivity index (χ3v) is 4.16. The van der Waals surface area contributed by atoms with E-state index < -0.39 is 0 Å². The Kier molecular flexibility index (Phi) is 12.3. The van der Waals surface area contributed by atoms with Gasteiger partial charge in [0.25, 0.3) is 0 Å². The Bertz CT molecular complexity index is 372. The number of rotatable bonds is 13. The van der Waals surface area contributed by atoms with Crippen LogP contribution in [-0.4, -0.2) is 87.9 Å². The van der Waals surface area contributed by atoms with Gasteiger partial charge in [0.15, 0.2) is 0 Å². The lowest BCUT2D eigenvalue weighted by atomic mass is 10.2. The molecule has 25 heavy (non-hydrogen) atoms. The van der Waals surface area contributed by atoms with Gasteiger partial charge in [0.1, 0.15) is 13.2 Å². The molecule has 146 valence electrons. The van der Waals surface area contributed by atoms with Crippen molar-refractivity contribution < 1.29 is 23.8 Å². The molecule has 0 amide bonds. The van der Waals surface area contributed by atoms with Crippen LogP contribution in [-0.2, 0) is 23.8 Å². The quantitative estimate of drug-likeness (QED) is 0.363. The van der Waals surface area contributed by atoms with Crippen LogP contribution in [0.5, 0.6) is 0 Å². The molecular weight excluding hydrogens is 324 g/mol. The van der Waals surface area contributed by atoms with Gasteiger partial charge in [0.05, 0.1) is 19.6 Å². The van der Waals surface area contributed by atoms with Gasteiger partial charge in [-0.1, -0.05) is 13.3 Å². The molecule has 0 aromatic carbocycles. The van der Waals surface area contributed by atoms with Gasteiger partial charge in [0.2, 0.25) is 0 Å². The molecule has 0 aliphatic carbocycles. The van der Waals surface area contributed by atoms with Gasteiger partial charge < -0.3 is 19.1 Å². The minimum absolute atomic E-state index is 0.136. The van der Waals surface area contributed by atoms with Crippen molar-refractivity contribution in [2.24, 2.45) is 0 Å². The lowest BCUT2D eigenvalue weighted by molar-refractivity contribution is -0.152. The lowest BCUT2D eigenvalue weighted by Gasteiger charge is -2.27. The second kappa shape index (κ2) is 14.0. The highest BCUT2D eigenvalue weighted by Crippen LogP contribution is 2.00. The zero-order chi connectivity index (χ0) is 18.3. The van der Waals surface area contributed by atoms with E-state index >= 15 is 0 Å². The number of unbranched alkanes of at least 4 members (excludes halogenated alkanes) is 1. The number of ether oxygens (including phenoxy) is 3. The molecule has 1 rings (SSSR count). The summed E-state index contributed by atoms with van der Waals surface area (Å²) in [5.41, 5.74) is 0. The minimum atomic E-state index is -0.246. The van der Waals surface area contributed by atoms with Gasteiger partial charge in [-0.25, -0.2) is 0 Å². The van der Waals surface area contributed by atoms with E-state index in [-0.39, 0.29) is 25.2 Å². The third-order valence-electron chi connectivity index (χ3n) is 4.16. The van der Waals surface area contributed by atoms with Crippen LogP contribution in [0, 0.1) is 0 Å². The summed E-state index contributed by atoms with van der Waals surface area (Å²) >= 11 is 0. The summed E-state index contributed by atoms with van der Waals surface area (Å²) in [6.07, 6.45) is 3.66. The molecule has 0 N–H and O–H groups in total. The largest absolute Gasteiger partial charge is 0.462 e. The van der Waals surface area contributed by atoms with Crippen molar-refractivity contribution in [3.8, 4) is 0 Å². The number of carbonyl (C=O) groups is 2. The maximum Gasteiger partial charge on any atom is 0.307 e. The summed E-state index contributed by atoms with van der Waals surface area (Å²) in [6, 6.07) is 0. The van der Waals surface area contributed by atoms with Crippen molar-refractivity contribution in [2.75, 3.05) is 66.2 Å². The Morgan fingerprint density at radius 2 is 1.64 bits per heavy atom. The molecule has 7 nitrogen and oxygen atoms in total. The first-order valence-electron chi connectivity index (χ1n) is 9.41. The van der Waals surface area contributed by atoms with Crippen molar-refractivity contribution in [2.45, 2.75) is 39.0 Å². The molecule has 0 spiro atoms. The molecular formula is C18H34N2O5. The Labute approximate surface area is 151 Å². The van der Waals surface area contributed by atoms with Gasteiger partial charge in [0, 0.05) is 26.1 Å². The van der Waals surface area contributed by atoms with Crippen molar-refractivity contribution >= 4 is 11.9 Å². The van der Waals surface area contributed by atoms with E-state index in [0.717, 1.165) is 58.7 Å². The van der Waals surface area contributed by atoms with Crippen LogP contribution in [0.15, 0.2) is 0 Å². The third kappa shape index (κ3) is 11.9. The topological polar surface area (TPSA) is 68.3 Å². The van der Waals surface area contributed by atoms with Crippen LogP contribution in [0.2, 0.25) is 0 Å². The summed E-state index contributed by atoms with van der Waals surface area (Å²) < 4.78 is 15.4. The molecule has 0 saturated carbocycles. The fourth-order valence-corrected chi connectivity index (χ4v) is 2.56. The van der Waals surface area contributed by atoms with Gasteiger partial charge in [-0.2, -0.15) is 0 Å². The molecule has 0 atom stereocenters. The van der Waals surface area contributed by atoms with E-state index in [9.17, 15) is 9.59 Å². The van der Waals surface area contributed by atoms with Crippen molar-refractivity contribution in [3.05, 3.63) is 0 Å². The Hall–Kier alpha value is -1.18. The summed E-state index contributed by atoms with van der Waals surface area (Å²) in [7, 11) is 2.02. The Balaban J connectivity index is 1.94. The smallest absolute Gasteiger partial charge is 0.307 e. The predicted octanol–water partition coefficient (Wildman–Crippen LogP) is 1.31. The molecule has 0 aromatic rings. The maximum absolute atomic E-state index is 11.7. The molecule has 1 fully saturated rings. The molecule has 0 aromatic heterocycles. The number of esters is 2. The zero-order valence-electron chi connectivity index (χ0n) is 15.8. The van der Waals surface area contributed by atoms with Gasteiger partial charge in [-0.3, -0.25) is 14.5 Å². The van der Waals surface area contributed by atoms with E-state index in [0.29, 0.717) is 19.4 Å². The molecule has 7 heteroatoms. The first-order chi connectivity index (χ1) is 12.1. The first-order valence-corrected chi connectivity index (χ1v) is 9.41. The number of nitrogens with zero attached hydrogens (tertiary/aromatic N) is 2. The molecule has 0 bridgehead atoms. The molecule has 1 aliphatic rings. The fraction of sp³-hybridized carbons (Fsp3) is 0.889. The van der Waals surface area contributed by atoms with Crippen LogP contribution in [0.1, 0.15) is 39.0 Å². The van der Waals surface area contributed by atoms with Crippen LogP contribution < -0.4 is 0 Å². The average Bonchev–Trinajstić information content (AvgIpc) is 2.62. The second-order valence-corrected chi connectivity index (χ2v) is 6.41. The zero-order valence-corrected chi connectivity index (χ0v) is 15.8. The van der Waals surface area contributed by atoms with Crippen LogP contribution in [0.25, 0.3) is 0 Å². The number of hydrogen-bond donors (Lipinski definition) is 0. The minimum Gasteiger partial charge on any atom is -0.462 e. The van der Waals surface area contributed by atoms with Crippen molar-refractivity contribution in [1.82, 2.24) is 9.80 Å². The van der Waals surface area contributed by atoms with Gasteiger partial charge >= 0.3 is 11.9 Å². The van der Waals surface area contributed by atoms with Crippen LogP contribution in [0.4, 0.5) is 0 Å². The predicted molar refractivity (Wildman–Crippen MR) is 95.4 cm³/mol. The Morgan fingerprint density at radius 1 is 1.00 bits per heavy atom. The maximum atomic E-state index is 11.7. The van der Waals surface area contributed by atoms with E-state index in [4.69, 9.17) is 14.2 Å². The average molecular weight is 358 g/mol. The van der Waals surface area contributed by atoms with Crippen molar-refractivity contribution in [1.29, 1.82) is 0 Å². The molecule has 0 radical (unpaired) electrons. The summed E-state index contributed by atoms with van der Waals surface area (Å²) in [5.74, 6) is -0.470. The highest BCUT2D eigenvalue weighted by Gasteiger charge is 2.11. The molecule has 1 saturated heterocycles. The summed E-state index contributed by atoms with van der Waals surface area (Å²) in [6.45, 7) is 8.69. The van der Waals surface area contributed by atoms with E-state index in [2.05, 4.69) is 9.80 Å². The van der Waals surface area contributed by atoms with Gasteiger partial charge in [-0.15, -0.1) is 0 Å². The highest BCUT2D eigenvalue weighted by molar-refractivity contribution is 5.70. The number of morpholine rings is 1. The summed E-state index contributed by atoms with van der Waals surface area (Å²) in [5, 5.41) is 0. The standard InChI is InChI=1S/C18H34N2O5/c1-3-4-6-17(21)24-15-16-25-18(22)7-10-19(2)8-5-9-20-11-13-23-14-12-20/h3-16H2,1-2H3. The van der Waals surface area contributed by atoms with E-state index in [1.807, 2.05) is 14.0 Å². The van der Waals surface area contributed by atoms with E-state index in [1.165, 1.54) is 0 Å². The Morgan fingerprint density at radius 3 is 2.28 bits per heavy atom. The second-order valence-electron chi connectivity index (χ2n) is 6.41. The van der Waals surface area contributed by atoms with Crippen LogP contribution in [0.3, 0.4) is 0 Å². The normalized spacial score (nSPS) is 15.3. The van der Waals surface area contributed by atoms with E-state index in [1.54, 1.807) is 0 Å². The SMILES string of the molecule is CCCCC(=O)OCCOC(=O)CCN(C)CCCN1CCOCC1. The van der Waals surface area contributed by atoms with Gasteiger partial charge in [-0.05, 0) is 33.0 Å². The molecule has 0 unspecified atom stereocenters. The monoisotopic (exact) mass is 358 g/mol.